The van der Waals surface area contributed by atoms with E-state index in [-0.39, 0.29) is 0 Å². The number of hydrogen-bond donors (Lipinski definition) is 3. The van der Waals surface area contributed by atoms with Crippen LogP contribution in [0.5, 0.6) is 0 Å². The van der Waals surface area contributed by atoms with Gasteiger partial charge in [0.25, 0.3) is 0 Å². The standard InChI is InChI=1S/C12H19BClNO3/c1-11(2,16)12(3,4)18-13(17)9-6-5-8(14)7-10(9)15/h5-7,16-17H,15H2,1-4H3. The average Bonchev–Trinajstić information content (AvgIpc) is 2.14. The summed E-state index contributed by atoms with van der Waals surface area (Å²) >= 11 is 5.78. The van der Waals surface area contributed by atoms with E-state index in [1.165, 1.54) is 0 Å². The molecule has 1 aromatic carbocycles. The molecule has 0 unspecified atom stereocenters. The molecule has 100 valence electrons. The molecule has 1 rings (SSSR count). The van der Waals surface area contributed by atoms with Crippen molar-refractivity contribution in [3.05, 3.63) is 23.2 Å². The first-order valence-corrected chi connectivity index (χ1v) is 6.05. The largest absolute Gasteiger partial charge is 0.493 e. The van der Waals surface area contributed by atoms with Crippen molar-refractivity contribution < 1.29 is 14.8 Å². The van der Waals surface area contributed by atoms with Crippen molar-refractivity contribution in [2.24, 2.45) is 0 Å². The molecule has 1 aromatic rings. The van der Waals surface area contributed by atoms with Gasteiger partial charge in [0.2, 0.25) is 0 Å². The zero-order chi connectivity index (χ0) is 14.1. The summed E-state index contributed by atoms with van der Waals surface area (Å²) in [5, 5.41) is 20.5. The minimum Gasteiger partial charge on any atom is -0.423 e. The number of nitrogens with two attached hydrogens (primary N) is 1. The molecule has 0 aliphatic carbocycles. The van der Waals surface area contributed by atoms with Crippen LogP contribution in [0.15, 0.2) is 18.2 Å². The lowest BCUT2D eigenvalue weighted by molar-refractivity contribution is -0.0982. The zero-order valence-corrected chi connectivity index (χ0v) is 11.8. The van der Waals surface area contributed by atoms with E-state index < -0.39 is 18.3 Å². The van der Waals surface area contributed by atoms with Gasteiger partial charge in [-0.25, -0.2) is 0 Å². The quantitative estimate of drug-likeness (QED) is 0.568. The number of rotatable bonds is 4. The Morgan fingerprint density at radius 2 is 1.83 bits per heavy atom. The van der Waals surface area contributed by atoms with Gasteiger partial charge < -0.3 is 20.5 Å². The summed E-state index contributed by atoms with van der Waals surface area (Å²) in [5.41, 5.74) is 4.51. The van der Waals surface area contributed by atoms with Gasteiger partial charge in [-0.2, -0.15) is 0 Å². The highest BCUT2D eigenvalue weighted by Gasteiger charge is 2.39. The minimum atomic E-state index is -1.22. The molecule has 18 heavy (non-hydrogen) atoms. The number of nitrogen functional groups attached to an aromatic ring is 1. The van der Waals surface area contributed by atoms with E-state index in [1.54, 1.807) is 45.9 Å². The molecule has 0 heterocycles. The van der Waals surface area contributed by atoms with Gasteiger partial charge >= 0.3 is 7.12 Å². The van der Waals surface area contributed by atoms with Crippen molar-refractivity contribution in [1.29, 1.82) is 0 Å². The van der Waals surface area contributed by atoms with Gasteiger partial charge in [0, 0.05) is 16.2 Å². The van der Waals surface area contributed by atoms with E-state index in [4.69, 9.17) is 22.0 Å². The molecular formula is C12H19BClNO3. The fourth-order valence-corrected chi connectivity index (χ4v) is 1.44. The predicted octanol–water partition coefficient (Wildman–Crippen LogP) is 1.18. The molecule has 0 radical (unpaired) electrons. The molecule has 0 bridgehead atoms. The Balaban J connectivity index is 2.92. The van der Waals surface area contributed by atoms with Crippen LogP contribution in [0.3, 0.4) is 0 Å². The van der Waals surface area contributed by atoms with Gasteiger partial charge in [0.1, 0.15) is 0 Å². The van der Waals surface area contributed by atoms with Crippen molar-refractivity contribution in [2.75, 3.05) is 5.73 Å². The van der Waals surface area contributed by atoms with Gasteiger partial charge in [-0.1, -0.05) is 17.7 Å². The van der Waals surface area contributed by atoms with Gasteiger partial charge in [-0.3, -0.25) is 0 Å². The van der Waals surface area contributed by atoms with Gasteiger partial charge in [-0.05, 0) is 39.8 Å². The number of hydrogen-bond acceptors (Lipinski definition) is 4. The molecule has 0 atom stereocenters. The molecule has 0 aliphatic heterocycles. The first-order valence-electron chi connectivity index (χ1n) is 5.68. The molecule has 0 saturated heterocycles. The maximum absolute atomic E-state index is 10.0. The number of anilines is 1. The van der Waals surface area contributed by atoms with Crippen molar-refractivity contribution in [1.82, 2.24) is 0 Å². The summed E-state index contributed by atoms with van der Waals surface area (Å²) < 4.78 is 5.49. The van der Waals surface area contributed by atoms with Gasteiger partial charge in [0.05, 0.1) is 11.2 Å². The Bertz CT molecular complexity index is 432. The van der Waals surface area contributed by atoms with E-state index in [2.05, 4.69) is 0 Å². The summed E-state index contributed by atoms with van der Waals surface area (Å²) in [4.78, 5) is 0. The topological polar surface area (TPSA) is 75.7 Å². The highest BCUT2D eigenvalue weighted by atomic mass is 35.5. The molecule has 0 aromatic heterocycles. The normalized spacial score (nSPS) is 12.6. The Labute approximate surface area is 113 Å². The second-order valence-corrected chi connectivity index (χ2v) is 5.75. The van der Waals surface area contributed by atoms with Crippen molar-refractivity contribution >= 4 is 29.9 Å². The van der Waals surface area contributed by atoms with E-state index >= 15 is 0 Å². The molecule has 0 spiro atoms. The average molecular weight is 272 g/mol. The highest BCUT2D eigenvalue weighted by Crippen LogP contribution is 2.25. The number of benzene rings is 1. The van der Waals surface area contributed by atoms with Crippen LogP contribution in [0.1, 0.15) is 27.7 Å². The first-order chi connectivity index (χ1) is 8.04. The highest BCUT2D eigenvalue weighted by molar-refractivity contribution is 6.62. The fourth-order valence-electron chi connectivity index (χ4n) is 1.26. The molecule has 0 saturated carbocycles. The van der Waals surface area contributed by atoms with Gasteiger partial charge in [-0.15, -0.1) is 0 Å². The number of aliphatic hydroxyl groups is 1. The third-order valence-electron chi connectivity index (χ3n) is 3.19. The van der Waals surface area contributed by atoms with Crippen LogP contribution in [0.25, 0.3) is 0 Å². The summed E-state index contributed by atoms with van der Waals surface area (Å²) in [5.74, 6) is 0. The lowest BCUT2D eigenvalue weighted by Crippen LogP contribution is -2.53. The maximum atomic E-state index is 10.0. The van der Waals surface area contributed by atoms with Crippen molar-refractivity contribution in [3.63, 3.8) is 0 Å². The summed E-state index contributed by atoms with van der Waals surface area (Å²) in [7, 11) is -1.22. The van der Waals surface area contributed by atoms with Crippen LogP contribution >= 0.6 is 11.6 Å². The van der Waals surface area contributed by atoms with E-state index in [0.717, 1.165) is 0 Å². The fraction of sp³-hybridized carbons (Fsp3) is 0.500. The van der Waals surface area contributed by atoms with E-state index in [0.29, 0.717) is 16.2 Å². The smallest absolute Gasteiger partial charge is 0.423 e. The molecule has 4 nitrogen and oxygen atoms in total. The third kappa shape index (κ3) is 3.39. The second-order valence-electron chi connectivity index (χ2n) is 5.31. The lowest BCUT2D eigenvalue weighted by atomic mass is 9.75. The SMILES string of the molecule is CC(C)(O)C(C)(C)OB(O)c1ccc(Cl)cc1N. The molecular weight excluding hydrogens is 252 g/mol. The molecule has 4 N–H and O–H groups in total. The van der Waals surface area contributed by atoms with Crippen LogP contribution in [-0.4, -0.2) is 28.5 Å². The van der Waals surface area contributed by atoms with Crippen LogP contribution in [-0.2, 0) is 4.65 Å². The van der Waals surface area contributed by atoms with Crippen molar-refractivity contribution in [2.45, 2.75) is 38.9 Å². The number of halogens is 1. The monoisotopic (exact) mass is 271 g/mol. The molecule has 6 heteroatoms. The summed E-state index contributed by atoms with van der Waals surface area (Å²) in [6, 6.07) is 4.76. The molecule has 0 fully saturated rings. The minimum absolute atomic E-state index is 0.349. The van der Waals surface area contributed by atoms with Gasteiger partial charge in [0.15, 0.2) is 0 Å². The van der Waals surface area contributed by atoms with Crippen LogP contribution in [0.4, 0.5) is 5.69 Å². The molecule has 0 amide bonds. The van der Waals surface area contributed by atoms with E-state index in [1.807, 2.05) is 0 Å². The van der Waals surface area contributed by atoms with E-state index in [9.17, 15) is 10.1 Å². The van der Waals surface area contributed by atoms with Crippen LogP contribution < -0.4 is 11.2 Å². The molecule has 0 aliphatic rings. The van der Waals surface area contributed by atoms with Crippen molar-refractivity contribution in [3.8, 4) is 0 Å². The zero-order valence-electron chi connectivity index (χ0n) is 11.1. The summed E-state index contributed by atoms with van der Waals surface area (Å²) in [6.07, 6.45) is 0. The Morgan fingerprint density at radius 1 is 1.28 bits per heavy atom. The Kier molecular flexibility index (Phi) is 4.33. The Morgan fingerprint density at radius 3 is 2.28 bits per heavy atom. The lowest BCUT2D eigenvalue weighted by Gasteiger charge is -2.38. The Hall–Kier alpha value is -0.745. The first kappa shape index (κ1) is 15.3. The van der Waals surface area contributed by atoms with Crippen LogP contribution in [0, 0.1) is 0 Å². The second kappa shape index (κ2) is 5.09. The third-order valence-corrected chi connectivity index (χ3v) is 3.43. The van der Waals surface area contributed by atoms with Crippen LogP contribution in [0.2, 0.25) is 5.02 Å². The summed E-state index contributed by atoms with van der Waals surface area (Å²) in [6.45, 7) is 6.63. The predicted molar refractivity (Wildman–Crippen MR) is 74.9 cm³/mol. The maximum Gasteiger partial charge on any atom is 0.493 e.